The number of nitrogens with one attached hydrogen (secondary N) is 2. The summed E-state index contributed by atoms with van der Waals surface area (Å²) in [6.07, 6.45) is 1.88. The molecule has 17 heavy (non-hydrogen) atoms. The molecule has 2 N–H and O–H groups in total. The van der Waals surface area contributed by atoms with Crippen LogP contribution in [0.15, 0.2) is 11.2 Å². The van der Waals surface area contributed by atoms with E-state index < -0.39 is 0 Å². The first kappa shape index (κ1) is 13.9. The van der Waals surface area contributed by atoms with Crippen LogP contribution in [0.4, 0.5) is 0 Å². The molecular formula is C11H20N4OS. The predicted molar refractivity (Wildman–Crippen MR) is 71.5 cm³/mol. The minimum absolute atomic E-state index is 0.226. The lowest BCUT2D eigenvalue weighted by Crippen LogP contribution is -2.43. The molecule has 1 aromatic rings. The summed E-state index contributed by atoms with van der Waals surface area (Å²) in [6, 6.07) is 0.226. The Balaban J connectivity index is 2.37. The third-order valence-electron chi connectivity index (χ3n) is 2.10. The van der Waals surface area contributed by atoms with Crippen LogP contribution in [-0.2, 0) is 11.3 Å². The third kappa shape index (κ3) is 5.14. The first-order valence-electron chi connectivity index (χ1n) is 5.53. The Morgan fingerprint density at radius 3 is 2.94 bits per heavy atom. The molecule has 0 aliphatic heterocycles. The van der Waals surface area contributed by atoms with E-state index in [1.165, 1.54) is 4.88 Å². The lowest BCUT2D eigenvalue weighted by Gasteiger charge is -2.16. The first-order chi connectivity index (χ1) is 8.15. The fraction of sp³-hybridized carbons (Fsp3) is 0.636. The van der Waals surface area contributed by atoms with Gasteiger partial charge in [-0.3, -0.25) is 4.99 Å². The molecule has 1 aromatic heterocycles. The lowest BCUT2D eigenvalue weighted by molar-refractivity contribution is 0.179. The summed E-state index contributed by atoms with van der Waals surface area (Å²) >= 11 is 1.69. The molecule has 0 aromatic carbocycles. The molecule has 0 spiro atoms. The van der Waals surface area contributed by atoms with Crippen LogP contribution in [0.5, 0.6) is 0 Å². The molecule has 0 aliphatic carbocycles. The molecular weight excluding hydrogens is 236 g/mol. The normalized spacial score (nSPS) is 13.5. The fourth-order valence-corrected chi connectivity index (χ4v) is 2.09. The topological polar surface area (TPSA) is 58.5 Å². The summed E-state index contributed by atoms with van der Waals surface area (Å²) in [5.74, 6) is 0.766. The third-order valence-corrected chi connectivity index (χ3v) is 3.01. The van der Waals surface area contributed by atoms with Crippen molar-refractivity contribution in [3.05, 3.63) is 16.1 Å². The summed E-state index contributed by atoms with van der Waals surface area (Å²) in [5, 5.41) is 7.51. The number of aryl methyl sites for hydroxylation is 1. The van der Waals surface area contributed by atoms with Crippen LogP contribution >= 0.6 is 11.3 Å². The van der Waals surface area contributed by atoms with E-state index in [0.717, 1.165) is 11.0 Å². The maximum Gasteiger partial charge on any atom is 0.191 e. The average molecular weight is 256 g/mol. The summed E-state index contributed by atoms with van der Waals surface area (Å²) in [4.78, 5) is 9.65. The Morgan fingerprint density at radius 1 is 1.65 bits per heavy atom. The number of thiazole rings is 1. The fourth-order valence-electron chi connectivity index (χ4n) is 1.36. The maximum absolute atomic E-state index is 5.06. The molecule has 1 heterocycles. The van der Waals surface area contributed by atoms with Crippen molar-refractivity contribution in [2.75, 3.05) is 20.8 Å². The monoisotopic (exact) mass is 256 g/mol. The van der Waals surface area contributed by atoms with Gasteiger partial charge in [0.1, 0.15) is 5.01 Å². The van der Waals surface area contributed by atoms with Crippen LogP contribution in [0.25, 0.3) is 0 Å². The van der Waals surface area contributed by atoms with E-state index in [4.69, 9.17) is 4.74 Å². The highest BCUT2D eigenvalue weighted by molar-refractivity contribution is 7.11. The zero-order chi connectivity index (χ0) is 12.7. The van der Waals surface area contributed by atoms with Gasteiger partial charge in [-0.15, -0.1) is 11.3 Å². The minimum Gasteiger partial charge on any atom is -0.383 e. The van der Waals surface area contributed by atoms with Crippen LogP contribution in [-0.4, -0.2) is 37.7 Å². The van der Waals surface area contributed by atoms with Gasteiger partial charge in [0.2, 0.25) is 0 Å². The van der Waals surface area contributed by atoms with Gasteiger partial charge in [0.05, 0.1) is 13.2 Å². The van der Waals surface area contributed by atoms with Crippen LogP contribution < -0.4 is 10.6 Å². The number of rotatable bonds is 5. The molecule has 0 aliphatic rings. The molecule has 0 fully saturated rings. The molecule has 0 radical (unpaired) electrons. The van der Waals surface area contributed by atoms with Crippen LogP contribution in [0, 0.1) is 6.92 Å². The summed E-state index contributed by atoms with van der Waals surface area (Å²) in [6.45, 7) is 5.44. The molecule has 0 saturated carbocycles. The van der Waals surface area contributed by atoms with E-state index in [9.17, 15) is 0 Å². The van der Waals surface area contributed by atoms with Crippen molar-refractivity contribution in [1.82, 2.24) is 15.6 Å². The highest BCUT2D eigenvalue weighted by Crippen LogP contribution is 2.10. The highest BCUT2D eigenvalue weighted by Gasteiger charge is 2.05. The van der Waals surface area contributed by atoms with E-state index in [0.29, 0.717) is 13.2 Å². The molecule has 1 unspecified atom stereocenters. The predicted octanol–water partition coefficient (Wildman–Crippen LogP) is 1.15. The van der Waals surface area contributed by atoms with E-state index in [1.54, 1.807) is 25.5 Å². The Hall–Kier alpha value is -1.14. The van der Waals surface area contributed by atoms with Crippen molar-refractivity contribution < 1.29 is 4.74 Å². The van der Waals surface area contributed by atoms with Gasteiger partial charge in [0.15, 0.2) is 5.96 Å². The molecule has 1 atom stereocenters. The molecule has 5 nitrogen and oxygen atoms in total. The van der Waals surface area contributed by atoms with Crippen LogP contribution in [0.3, 0.4) is 0 Å². The minimum atomic E-state index is 0.226. The molecule has 6 heteroatoms. The van der Waals surface area contributed by atoms with E-state index in [-0.39, 0.29) is 6.04 Å². The number of aliphatic imine (C=N–C) groups is 1. The van der Waals surface area contributed by atoms with Gasteiger partial charge in [-0.25, -0.2) is 4.98 Å². The largest absolute Gasteiger partial charge is 0.383 e. The van der Waals surface area contributed by atoms with E-state index >= 15 is 0 Å². The maximum atomic E-state index is 5.06. The average Bonchev–Trinajstić information content (AvgIpc) is 2.70. The highest BCUT2D eigenvalue weighted by atomic mass is 32.1. The van der Waals surface area contributed by atoms with Gasteiger partial charge in [0, 0.05) is 31.3 Å². The number of nitrogens with zero attached hydrogens (tertiary/aromatic N) is 2. The second-order valence-corrected chi connectivity index (χ2v) is 5.11. The number of guanidine groups is 1. The number of methoxy groups -OCH3 is 1. The lowest BCUT2D eigenvalue weighted by atomic mass is 10.4. The van der Waals surface area contributed by atoms with Crippen molar-refractivity contribution >= 4 is 17.3 Å². The van der Waals surface area contributed by atoms with Gasteiger partial charge in [-0.2, -0.15) is 0 Å². The molecule has 96 valence electrons. The Kier molecular flexibility index (Phi) is 5.93. The zero-order valence-corrected chi connectivity index (χ0v) is 11.6. The van der Waals surface area contributed by atoms with Gasteiger partial charge in [0.25, 0.3) is 0 Å². The summed E-state index contributed by atoms with van der Waals surface area (Å²) in [7, 11) is 3.44. The van der Waals surface area contributed by atoms with Gasteiger partial charge in [-0.05, 0) is 13.8 Å². The van der Waals surface area contributed by atoms with Crippen molar-refractivity contribution in [2.24, 2.45) is 4.99 Å². The second-order valence-electron chi connectivity index (χ2n) is 3.79. The van der Waals surface area contributed by atoms with Crippen molar-refractivity contribution in [1.29, 1.82) is 0 Å². The molecule has 1 rings (SSSR count). The standard InChI is InChI=1S/C11H20N4OS/c1-8(7-16-4)15-11(12-3)14-6-10-13-5-9(2)17-10/h5,8H,6-7H2,1-4H3,(H2,12,14,15). The first-order valence-corrected chi connectivity index (χ1v) is 6.34. The molecule has 0 bridgehead atoms. The van der Waals surface area contributed by atoms with Gasteiger partial charge < -0.3 is 15.4 Å². The Bertz CT molecular complexity index is 364. The number of ether oxygens (including phenoxy) is 1. The van der Waals surface area contributed by atoms with E-state index in [1.807, 2.05) is 13.1 Å². The molecule has 0 saturated heterocycles. The second kappa shape index (κ2) is 7.24. The van der Waals surface area contributed by atoms with Crippen molar-refractivity contribution in [3.63, 3.8) is 0 Å². The van der Waals surface area contributed by atoms with Crippen LogP contribution in [0.2, 0.25) is 0 Å². The number of hydrogen-bond donors (Lipinski definition) is 2. The quantitative estimate of drug-likeness (QED) is 0.613. The van der Waals surface area contributed by atoms with Crippen molar-refractivity contribution in [2.45, 2.75) is 26.4 Å². The van der Waals surface area contributed by atoms with Gasteiger partial charge in [-0.1, -0.05) is 0 Å². The van der Waals surface area contributed by atoms with E-state index in [2.05, 4.69) is 27.5 Å². The summed E-state index contributed by atoms with van der Waals surface area (Å²) < 4.78 is 5.06. The number of hydrogen-bond acceptors (Lipinski definition) is 4. The summed E-state index contributed by atoms with van der Waals surface area (Å²) in [5.41, 5.74) is 0. The Labute approximate surface area is 106 Å². The SMILES string of the molecule is CN=C(NCc1ncc(C)s1)NC(C)COC. The zero-order valence-electron chi connectivity index (χ0n) is 10.8. The van der Waals surface area contributed by atoms with Gasteiger partial charge >= 0.3 is 0 Å². The smallest absolute Gasteiger partial charge is 0.191 e. The molecule has 0 amide bonds. The number of aromatic nitrogens is 1. The Morgan fingerprint density at radius 2 is 2.41 bits per heavy atom. The van der Waals surface area contributed by atoms with Crippen molar-refractivity contribution in [3.8, 4) is 0 Å². The van der Waals surface area contributed by atoms with Crippen LogP contribution in [0.1, 0.15) is 16.8 Å².